The molecule has 1 aliphatic heterocycles. The van der Waals surface area contributed by atoms with E-state index in [-0.39, 0.29) is 11.9 Å². The SMILES string of the molecule is O=C(Nc1cccc(-n2cccn2)c1)C1CC(O)CN1. The Bertz CT molecular complexity index is 597. The first-order chi connectivity index (χ1) is 9.72. The lowest BCUT2D eigenvalue weighted by molar-refractivity contribution is -0.117. The van der Waals surface area contributed by atoms with Gasteiger partial charge in [0, 0.05) is 24.6 Å². The molecule has 6 nitrogen and oxygen atoms in total. The lowest BCUT2D eigenvalue weighted by Gasteiger charge is -2.12. The Kier molecular flexibility index (Phi) is 3.49. The number of β-amino-alcohol motifs (C(OH)–C–C–N with tert-alkyl or cyclic N) is 1. The first kappa shape index (κ1) is 12.8. The number of nitrogens with one attached hydrogen (secondary N) is 2. The summed E-state index contributed by atoms with van der Waals surface area (Å²) < 4.78 is 1.73. The quantitative estimate of drug-likeness (QED) is 0.761. The molecule has 0 spiro atoms. The van der Waals surface area contributed by atoms with Crippen LogP contribution in [0.25, 0.3) is 5.69 Å². The molecule has 2 unspecified atom stereocenters. The van der Waals surface area contributed by atoms with Crippen molar-refractivity contribution in [2.45, 2.75) is 18.6 Å². The molecule has 3 rings (SSSR count). The van der Waals surface area contributed by atoms with Gasteiger partial charge in [0.2, 0.25) is 5.91 Å². The number of hydrogen-bond acceptors (Lipinski definition) is 4. The highest BCUT2D eigenvalue weighted by atomic mass is 16.3. The van der Waals surface area contributed by atoms with Crippen LogP contribution in [0.15, 0.2) is 42.7 Å². The van der Waals surface area contributed by atoms with E-state index in [4.69, 9.17) is 0 Å². The number of aliphatic hydroxyl groups excluding tert-OH is 1. The smallest absolute Gasteiger partial charge is 0.241 e. The van der Waals surface area contributed by atoms with Crippen molar-refractivity contribution >= 4 is 11.6 Å². The Hall–Kier alpha value is -2.18. The number of nitrogens with zero attached hydrogens (tertiary/aromatic N) is 2. The number of aliphatic hydroxyl groups is 1. The van der Waals surface area contributed by atoms with E-state index in [0.29, 0.717) is 18.7 Å². The van der Waals surface area contributed by atoms with Gasteiger partial charge in [0.1, 0.15) is 0 Å². The van der Waals surface area contributed by atoms with Gasteiger partial charge in [-0.3, -0.25) is 4.79 Å². The van der Waals surface area contributed by atoms with E-state index in [1.54, 1.807) is 10.9 Å². The monoisotopic (exact) mass is 272 g/mol. The van der Waals surface area contributed by atoms with Crippen LogP contribution in [0.1, 0.15) is 6.42 Å². The third-order valence-electron chi connectivity index (χ3n) is 3.31. The van der Waals surface area contributed by atoms with Crippen LogP contribution in [-0.2, 0) is 4.79 Å². The fourth-order valence-electron chi connectivity index (χ4n) is 2.29. The number of carbonyl (C=O) groups excluding carboxylic acids is 1. The summed E-state index contributed by atoms with van der Waals surface area (Å²) in [6, 6.07) is 8.98. The highest BCUT2D eigenvalue weighted by Crippen LogP contribution is 2.15. The van der Waals surface area contributed by atoms with Crippen LogP contribution in [0.2, 0.25) is 0 Å². The van der Waals surface area contributed by atoms with E-state index in [2.05, 4.69) is 15.7 Å². The maximum Gasteiger partial charge on any atom is 0.241 e. The fourth-order valence-corrected chi connectivity index (χ4v) is 2.29. The molecule has 0 aliphatic carbocycles. The zero-order valence-electron chi connectivity index (χ0n) is 10.9. The van der Waals surface area contributed by atoms with Gasteiger partial charge in [-0.1, -0.05) is 6.07 Å². The zero-order valence-corrected chi connectivity index (χ0v) is 10.9. The van der Waals surface area contributed by atoms with Crippen LogP contribution in [0.4, 0.5) is 5.69 Å². The third-order valence-corrected chi connectivity index (χ3v) is 3.31. The molecule has 6 heteroatoms. The van der Waals surface area contributed by atoms with Crippen molar-refractivity contribution in [3.05, 3.63) is 42.7 Å². The molecule has 1 aromatic carbocycles. The molecular formula is C14H16N4O2. The summed E-state index contributed by atoms with van der Waals surface area (Å²) in [6.45, 7) is 0.464. The molecular weight excluding hydrogens is 256 g/mol. The number of amides is 1. The Morgan fingerprint density at radius 1 is 1.45 bits per heavy atom. The van der Waals surface area contributed by atoms with Gasteiger partial charge in [-0.05, 0) is 30.7 Å². The number of aromatic nitrogens is 2. The van der Waals surface area contributed by atoms with Crippen LogP contribution in [0, 0.1) is 0 Å². The summed E-state index contributed by atoms with van der Waals surface area (Å²) in [5.41, 5.74) is 1.60. The number of anilines is 1. The van der Waals surface area contributed by atoms with Gasteiger partial charge in [0.05, 0.1) is 17.8 Å². The maximum absolute atomic E-state index is 12.1. The Balaban J connectivity index is 1.71. The summed E-state index contributed by atoms with van der Waals surface area (Å²) >= 11 is 0. The summed E-state index contributed by atoms with van der Waals surface area (Å²) in [7, 11) is 0. The molecule has 3 N–H and O–H groups in total. The highest BCUT2D eigenvalue weighted by Gasteiger charge is 2.27. The first-order valence-electron chi connectivity index (χ1n) is 6.55. The van der Waals surface area contributed by atoms with Crippen molar-refractivity contribution in [3.63, 3.8) is 0 Å². The minimum Gasteiger partial charge on any atom is -0.392 e. The Morgan fingerprint density at radius 2 is 2.35 bits per heavy atom. The zero-order chi connectivity index (χ0) is 13.9. The largest absolute Gasteiger partial charge is 0.392 e. The van der Waals surface area contributed by atoms with Crippen molar-refractivity contribution in [1.82, 2.24) is 15.1 Å². The van der Waals surface area contributed by atoms with Crippen LogP contribution >= 0.6 is 0 Å². The number of carbonyl (C=O) groups is 1. The van der Waals surface area contributed by atoms with Crippen LogP contribution in [-0.4, -0.2) is 39.5 Å². The second kappa shape index (κ2) is 5.44. The van der Waals surface area contributed by atoms with E-state index < -0.39 is 6.10 Å². The molecule has 2 atom stereocenters. The van der Waals surface area contributed by atoms with Gasteiger partial charge in [-0.25, -0.2) is 4.68 Å². The molecule has 104 valence electrons. The average molecular weight is 272 g/mol. The van der Waals surface area contributed by atoms with Gasteiger partial charge < -0.3 is 15.7 Å². The molecule has 1 aromatic heterocycles. The molecule has 0 bridgehead atoms. The van der Waals surface area contributed by atoms with Crippen LogP contribution in [0.5, 0.6) is 0 Å². The summed E-state index contributed by atoms with van der Waals surface area (Å²) in [5, 5.41) is 19.4. The van der Waals surface area contributed by atoms with Crippen LogP contribution < -0.4 is 10.6 Å². The van der Waals surface area contributed by atoms with E-state index in [0.717, 1.165) is 5.69 Å². The summed E-state index contributed by atoms with van der Waals surface area (Å²) in [4.78, 5) is 12.1. The lowest BCUT2D eigenvalue weighted by atomic mass is 10.2. The second-order valence-corrected chi connectivity index (χ2v) is 4.84. The normalized spacial score (nSPS) is 21.9. The number of hydrogen-bond donors (Lipinski definition) is 3. The highest BCUT2D eigenvalue weighted by molar-refractivity contribution is 5.95. The number of rotatable bonds is 3. The van der Waals surface area contributed by atoms with Gasteiger partial charge in [0.25, 0.3) is 0 Å². The molecule has 1 fully saturated rings. The summed E-state index contributed by atoms with van der Waals surface area (Å²) in [6.07, 6.45) is 3.55. The van der Waals surface area contributed by atoms with Crippen molar-refractivity contribution in [3.8, 4) is 5.69 Å². The fraction of sp³-hybridized carbons (Fsp3) is 0.286. The van der Waals surface area contributed by atoms with Gasteiger partial charge >= 0.3 is 0 Å². The predicted octanol–water partition coefficient (Wildman–Crippen LogP) is 0.534. The molecule has 0 radical (unpaired) electrons. The molecule has 1 amide bonds. The minimum atomic E-state index is -0.443. The molecule has 0 saturated carbocycles. The molecule has 2 aromatic rings. The lowest BCUT2D eigenvalue weighted by Crippen LogP contribution is -2.35. The minimum absolute atomic E-state index is 0.126. The van der Waals surface area contributed by atoms with E-state index >= 15 is 0 Å². The van der Waals surface area contributed by atoms with E-state index in [1.807, 2.05) is 36.5 Å². The topological polar surface area (TPSA) is 79.2 Å². The van der Waals surface area contributed by atoms with Crippen LogP contribution in [0.3, 0.4) is 0 Å². The molecule has 20 heavy (non-hydrogen) atoms. The predicted molar refractivity (Wildman–Crippen MR) is 74.6 cm³/mol. The van der Waals surface area contributed by atoms with Gasteiger partial charge in [-0.2, -0.15) is 5.10 Å². The van der Waals surface area contributed by atoms with Crippen molar-refractivity contribution in [2.24, 2.45) is 0 Å². The van der Waals surface area contributed by atoms with Crippen molar-refractivity contribution in [2.75, 3.05) is 11.9 Å². The maximum atomic E-state index is 12.1. The Morgan fingerprint density at radius 3 is 3.05 bits per heavy atom. The molecule has 2 heterocycles. The van der Waals surface area contributed by atoms with E-state index in [1.165, 1.54) is 0 Å². The van der Waals surface area contributed by atoms with Crippen molar-refractivity contribution in [1.29, 1.82) is 0 Å². The average Bonchev–Trinajstić information content (AvgIpc) is 3.10. The summed E-state index contributed by atoms with van der Waals surface area (Å²) in [5.74, 6) is -0.126. The number of benzene rings is 1. The first-order valence-corrected chi connectivity index (χ1v) is 6.55. The second-order valence-electron chi connectivity index (χ2n) is 4.84. The molecule has 1 saturated heterocycles. The van der Waals surface area contributed by atoms with Crippen molar-refractivity contribution < 1.29 is 9.90 Å². The molecule has 1 aliphatic rings. The van der Waals surface area contributed by atoms with Gasteiger partial charge in [-0.15, -0.1) is 0 Å². The van der Waals surface area contributed by atoms with E-state index in [9.17, 15) is 9.90 Å². The standard InChI is InChI=1S/C14H16N4O2/c19-12-8-13(15-9-12)14(20)17-10-3-1-4-11(7-10)18-6-2-5-16-18/h1-7,12-13,15,19H,8-9H2,(H,17,20). The Labute approximate surface area is 116 Å². The third kappa shape index (κ3) is 2.71. The van der Waals surface area contributed by atoms with Gasteiger partial charge in [0.15, 0.2) is 0 Å².